The molecule has 0 amide bonds. The van der Waals surface area contributed by atoms with Gasteiger partial charge in [-0.2, -0.15) is 0 Å². The lowest BCUT2D eigenvalue weighted by atomic mass is 9.84. The molecule has 0 fully saturated rings. The van der Waals surface area contributed by atoms with E-state index in [2.05, 4.69) is 158 Å². The summed E-state index contributed by atoms with van der Waals surface area (Å²) in [5.74, 6) is 0. The molecule has 0 bridgehead atoms. The Morgan fingerprint density at radius 1 is 0.358 bits per heavy atom. The van der Waals surface area contributed by atoms with Crippen LogP contribution < -0.4 is 0 Å². The molecule has 12 aromatic rings. The number of para-hydroxylation sites is 1. The minimum atomic E-state index is 0.909. The fourth-order valence-corrected chi connectivity index (χ4v) is 9.96. The van der Waals surface area contributed by atoms with E-state index in [1.165, 1.54) is 80.1 Å². The molecule has 246 valence electrons. The predicted molar refractivity (Wildman–Crippen MR) is 225 cm³/mol. The first kappa shape index (κ1) is 29.0. The molecule has 0 atom stereocenters. The lowest BCUT2D eigenvalue weighted by Gasteiger charge is -2.19. The largest absolute Gasteiger partial charge is 0.463 e. The van der Waals surface area contributed by atoms with E-state index in [4.69, 9.17) is 8.83 Å². The van der Waals surface area contributed by atoms with Crippen LogP contribution in [0.1, 0.15) is 0 Å². The van der Waals surface area contributed by atoms with E-state index < -0.39 is 0 Å². The normalized spacial score (nSPS) is 12.2. The van der Waals surface area contributed by atoms with Gasteiger partial charge in [0.15, 0.2) is 0 Å². The molecule has 0 N–H and O–H groups in total. The van der Waals surface area contributed by atoms with E-state index in [1.54, 1.807) is 0 Å². The molecule has 0 aliphatic heterocycles. The first-order valence-electron chi connectivity index (χ1n) is 18.0. The number of fused-ring (bicyclic) bond motifs is 12. The zero-order valence-electron chi connectivity index (χ0n) is 28.4. The third-order valence-corrected chi connectivity index (χ3v) is 12.3. The van der Waals surface area contributed by atoms with Crippen LogP contribution in [0.15, 0.2) is 179 Å². The highest BCUT2D eigenvalue weighted by atomic mass is 32.1. The second kappa shape index (κ2) is 10.9. The zero-order chi connectivity index (χ0) is 34.6. The van der Waals surface area contributed by atoms with E-state index in [-0.39, 0.29) is 0 Å². The average molecular weight is 693 g/mol. The number of furan rings is 2. The van der Waals surface area contributed by atoms with Gasteiger partial charge in [0.1, 0.15) is 16.7 Å². The van der Waals surface area contributed by atoms with Crippen molar-refractivity contribution in [1.82, 2.24) is 0 Å². The Kier molecular flexibility index (Phi) is 5.96. The summed E-state index contributed by atoms with van der Waals surface area (Å²) in [6, 6.07) is 59.2. The smallest absolute Gasteiger partial charge is 0.143 e. The van der Waals surface area contributed by atoms with Crippen LogP contribution in [0.3, 0.4) is 0 Å². The maximum atomic E-state index is 6.56. The van der Waals surface area contributed by atoms with Gasteiger partial charge in [0, 0.05) is 41.9 Å². The Morgan fingerprint density at radius 2 is 0.981 bits per heavy atom. The third-order valence-electron chi connectivity index (χ3n) is 11.1. The van der Waals surface area contributed by atoms with Crippen LogP contribution >= 0.6 is 11.3 Å². The summed E-state index contributed by atoms with van der Waals surface area (Å²) < 4.78 is 15.5. The zero-order valence-corrected chi connectivity index (χ0v) is 29.2. The van der Waals surface area contributed by atoms with E-state index in [9.17, 15) is 0 Å². The van der Waals surface area contributed by atoms with E-state index >= 15 is 0 Å². The molecule has 0 radical (unpaired) electrons. The van der Waals surface area contributed by atoms with E-state index in [0.29, 0.717) is 0 Å². The standard InChI is InChI=1S/C50H28O2S/c1-2-12-29(13-3-1)41-28-51-50-37(41)23-25-45-49(50)40-26-30(22-24-44(40)53-45)46-33-16-6-8-18-35(33)47(36-19-9-7-17-34(36)46)39-27-43-48(32-15-5-4-14-31(32)39)38-20-10-11-21-42(38)52-43/h1-28H. The number of benzene rings is 9. The fraction of sp³-hybridized carbons (Fsp3) is 0. The van der Waals surface area contributed by atoms with Gasteiger partial charge in [-0.15, -0.1) is 11.3 Å². The van der Waals surface area contributed by atoms with Gasteiger partial charge in [-0.25, -0.2) is 0 Å². The van der Waals surface area contributed by atoms with Crippen LogP contribution in [0.5, 0.6) is 0 Å². The van der Waals surface area contributed by atoms with Gasteiger partial charge in [-0.3, -0.25) is 0 Å². The Labute approximate surface area is 307 Å². The Balaban J connectivity index is 1.15. The predicted octanol–water partition coefficient (Wildman–Crippen LogP) is 15.2. The second-order valence-corrected chi connectivity index (χ2v) is 15.0. The molecule has 0 saturated heterocycles. The fourth-order valence-electron chi connectivity index (χ4n) is 8.88. The Morgan fingerprint density at radius 3 is 1.74 bits per heavy atom. The van der Waals surface area contributed by atoms with E-state index in [1.807, 2.05) is 23.7 Å². The van der Waals surface area contributed by atoms with Crippen LogP contribution in [-0.4, -0.2) is 0 Å². The third kappa shape index (κ3) is 4.08. The van der Waals surface area contributed by atoms with Crippen molar-refractivity contribution in [2.75, 3.05) is 0 Å². The quantitative estimate of drug-likeness (QED) is 0.172. The molecule has 0 saturated carbocycles. The number of rotatable bonds is 3. The highest BCUT2D eigenvalue weighted by Crippen LogP contribution is 2.49. The topological polar surface area (TPSA) is 26.3 Å². The van der Waals surface area contributed by atoms with Gasteiger partial charge in [0.25, 0.3) is 0 Å². The van der Waals surface area contributed by atoms with E-state index in [0.717, 1.165) is 38.6 Å². The molecule has 12 rings (SSSR count). The SMILES string of the molecule is c1ccc(-c2coc3c2ccc2sc4ccc(-c5c6ccccc6c(-c6cc7oc8ccccc8c7c7ccccc67)c6ccccc56)cc4c23)cc1. The van der Waals surface area contributed by atoms with Crippen LogP contribution in [0.4, 0.5) is 0 Å². The van der Waals surface area contributed by atoms with Gasteiger partial charge >= 0.3 is 0 Å². The monoisotopic (exact) mass is 692 g/mol. The lowest BCUT2D eigenvalue weighted by Crippen LogP contribution is -1.92. The maximum absolute atomic E-state index is 6.56. The maximum Gasteiger partial charge on any atom is 0.143 e. The molecule has 0 aliphatic rings. The molecule has 3 heteroatoms. The molecule has 3 heterocycles. The molecular weight excluding hydrogens is 665 g/mol. The van der Waals surface area contributed by atoms with Gasteiger partial charge in [-0.1, -0.05) is 127 Å². The number of hydrogen-bond acceptors (Lipinski definition) is 3. The van der Waals surface area contributed by atoms with Crippen LogP contribution in [0.2, 0.25) is 0 Å². The van der Waals surface area contributed by atoms with Crippen molar-refractivity contribution in [3.8, 4) is 33.4 Å². The molecular formula is C50H28O2S. The van der Waals surface area contributed by atoms with Crippen molar-refractivity contribution in [3.63, 3.8) is 0 Å². The van der Waals surface area contributed by atoms with Crippen molar-refractivity contribution in [2.45, 2.75) is 0 Å². The van der Waals surface area contributed by atoms with Crippen LogP contribution in [0.25, 0.3) is 119 Å². The number of thiophene rings is 1. The Hall–Kier alpha value is -6.68. The average Bonchev–Trinajstić information content (AvgIpc) is 3.93. The molecule has 3 aromatic heterocycles. The van der Waals surface area contributed by atoms with Gasteiger partial charge in [0.05, 0.1) is 6.26 Å². The van der Waals surface area contributed by atoms with Gasteiger partial charge < -0.3 is 8.83 Å². The summed E-state index contributed by atoms with van der Waals surface area (Å²) in [6.45, 7) is 0. The molecule has 0 unspecified atom stereocenters. The van der Waals surface area contributed by atoms with Gasteiger partial charge in [0.2, 0.25) is 0 Å². The summed E-state index contributed by atoms with van der Waals surface area (Å²) in [6.07, 6.45) is 1.92. The van der Waals surface area contributed by atoms with Crippen molar-refractivity contribution in [3.05, 3.63) is 170 Å². The minimum absolute atomic E-state index is 0.909. The highest BCUT2D eigenvalue weighted by Gasteiger charge is 2.22. The Bertz CT molecular complexity index is 3390. The molecule has 9 aromatic carbocycles. The molecule has 53 heavy (non-hydrogen) atoms. The molecule has 2 nitrogen and oxygen atoms in total. The second-order valence-electron chi connectivity index (χ2n) is 13.9. The summed E-state index contributed by atoms with van der Waals surface area (Å²) >= 11 is 1.83. The van der Waals surface area contributed by atoms with Crippen molar-refractivity contribution >= 4 is 96.7 Å². The lowest BCUT2D eigenvalue weighted by molar-refractivity contribution is 0.620. The molecule has 0 aliphatic carbocycles. The van der Waals surface area contributed by atoms with Crippen molar-refractivity contribution in [1.29, 1.82) is 0 Å². The van der Waals surface area contributed by atoms with Gasteiger partial charge in [-0.05, 0) is 96.5 Å². The summed E-state index contributed by atoms with van der Waals surface area (Å²) in [5, 5.41) is 13.2. The summed E-state index contributed by atoms with van der Waals surface area (Å²) in [4.78, 5) is 0. The van der Waals surface area contributed by atoms with Crippen molar-refractivity contribution in [2.24, 2.45) is 0 Å². The van der Waals surface area contributed by atoms with Crippen LogP contribution in [0, 0.1) is 0 Å². The minimum Gasteiger partial charge on any atom is -0.463 e. The van der Waals surface area contributed by atoms with Crippen LogP contribution in [-0.2, 0) is 0 Å². The number of hydrogen-bond donors (Lipinski definition) is 0. The summed E-state index contributed by atoms with van der Waals surface area (Å²) in [7, 11) is 0. The summed E-state index contributed by atoms with van der Waals surface area (Å²) in [5.41, 5.74) is 9.90. The van der Waals surface area contributed by atoms with Crippen molar-refractivity contribution < 1.29 is 8.83 Å². The molecule has 0 spiro atoms. The first-order chi connectivity index (χ1) is 26.3. The first-order valence-corrected chi connectivity index (χ1v) is 18.8. The highest BCUT2D eigenvalue weighted by molar-refractivity contribution is 7.26.